The van der Waals surface area contributed by atoms with Crippen LogP contribution in [0.3, 0.4) is 0 Å². The lowest BCUT2D eigenvalue weighted by atomic mass is 10.0. The molecule has 3 rings (SSSR count). The van der Waals surface area contributed by atoms with E-state index in [0.29, 0.717) is 17.7 Å². The van der Waals surface area contributed by atoms with Gasteiger partial charge >= 0.3 is 0 Å². The molecule has 0 aliphatic rings. The average molecular weight is 627 g/mol. The van der Waals surface area contributed by atoms with E-state index in [2.05, 4.69) is 5.32 Å². The summed E-state index contributed by atoms with van der Waals surface area (Å²) >= 11 is 0. The SMILES string of the molecule is CCC(C)NC(=O)C(Cc1ccccc1)N(Cc1cccc(OC)c1)C(=O)CN(c1cc([N+](=O)[O-])ccc1OC)S(C)(=O)=O. The fraction of sp³-hybridized carbons (Fsp3) is 0.355. The van der Waals surface area contributed by atoms with E-state index in [9.17, 15) is 28.1 Å². The molecule has 13 heteroatoms. The zero-order valence-electron chi connectivity index (χ0n) is 25.4. The molecule has 0 saturated heterocycles. The quantitative estimate of drug-likeness (QED) is 0.197. The molecule has 0 aliphatic carbocycles. The van der Waals surface area contributed by atoms with E-state index < -0.39 is 39.3 Å². The first kappa shape index (κ1) is 33.8. The average Bonchev–Trinajstić information content (AvgIpc) is 3.00. The summed E-state index contributed by atoms with van der Waals surface area (Å²) in [7, 11) is -1.37. The van der Waals surface area contributed by atoms with Gasteiger partial charge < -0.3 is 19.7 Å². The molecule has 236 valence electrons. The normalized spacial score (nSPS) is 12.5. The summed E-state index contributed by atoms with van der Waals surface area (Å²) in [5.74, 6) is -0.550. The van der Waals surface area contributed by atoms with E-state index in [1.165, 1.54) is 31.3 Å². The molecule has 0 aromatic heterocycles. The van der Waals surface area contributed by atoms with Crippen LogP contribution >= 0.6 is 0 Å². The largest absolute Gasteiger partial charge is 0.497 e. The molecule has 12 nitrogen and oxygen atoms in total. The zero-order chi connectivity index (χ0) is 32.4. The Balaban J connectivity index is 2.15. The highest BCUT2D eigenvalue weighted by atomic mass is 32.2. The van der Waals surface area contributed by atoms with Gasteiger partial charge in [-0.1, -0.05) is 49.4 Å². The number of methoxy groups -OCH3 is 2. The Labute approximate surface area is 257 Å². The Morgan fingerprint density at radius 2 is 1.66 bits per heavy atom. The second-order valence-electron chi connectivity index (χ2n) is 10.3. The molecule has 44 heavy (non-hydrogen) atoms. The maximum Gasteiger partial charge on any atom is 0.271 e. The lowest BCUT2D eigenvalue weighted by Crippen LogP contribution is -2.54. The predicted octanol–water partition coefficient (Wildman–Crippen LogP) is 3.93. The standard InChI is InChI=1S/C31H38N4O8S/c1-6-22(2)32-31(37)28(18-23-11-8-7-9-12-23)33(20-24-13-10-14-26(17-24)42-3)30(36)21-34(44(5,40)41)27-19-25(35(38)39)15-16-29(27)43-4/h7-17,19,22,28H,6,18,20-21H2,1-5H3,(H,32,37). The highest BCUT2D eigenvalue weighted by molar-refractivity contribution is 7.92. The van der Waals surface area contributed by atoms with Crippen molar-refractivity contribution in [1.29, 1.82) is 0 Å². The lowest BCUT2D eigenvalue weighted by Gasteiger charge is -2.34. The second kappa shape index (κ2) is 15.2. The number of sulfonamides is 1. The molecule has 0 radical (unpaired) electrons. The highest BCUT2D eigenvalue weighted by Gasteiger charge is 2.34. The van der Waals surface area contributed by atoms with Crippen molar-refractivity contribution in [2.45, 2.75) is 45.3 Å². The molecule has 0 aliphatic heterocycles. The van der Waals surface area contributed by atoms with Gasteiger partial charge in [-0.05, 0) is 42.7 Å². The Bertz CT molecular complexity index is 1570. The summed E-state index contributed by atoms with van der Waals surface area (Å²) in [4.78, 5) is 40.3. The van der Waals surface area contributed by atoms with E-state index in [4.69, 9.17) is 9.47 Å². The molecule has 3 aromatic rings. The van der Waals surface area contributed by atoms with Crippen molar-refractivity contribution in [3.8, 4) is 11.5 Å². The Kier molecular flexibility index (Phi) is 11.7. The number of nitrogens with zero attached hydrogens (tertiary/aromatic N) is 3. The van der Waals surface area contributed by atoms with Crippen molar-refractivity contribution < 1.29 is 32.4 Å². The maximum absolute atomic E-state index is 14.3. The van der Waals surface area contributed by atoms with Crippen LogP contribution in [0.2, 0.25) is 0 Å². The van der Waals surface area contributed by atoms with Crippen LogP contribution in [0.1, 0.15) is 31.4 Å². The zero-order valence-corrected chi connectivity index (χ0v) is 26.2. The number of nitro benzene ring substituents is 1. The minimum Gasteiger partial charge on any atom is -0.497 e. The van der Waals surface area contributed by atoms with E-state index in [1.54, 1.807) is 24.3 Å². The molecule has 0 fully saturated rings. The number of hydrogen-bond acceptors (Lipinski definition) is 8. The van der Waals surface area contributed by atoms with E-state index in [1.807, 2.05) is 44.2 Å². The van der Waals surface area contributed by atoms with E-state index in [-0.39, 0.29) is 36.1 Å². The van der Waals surface area contributed by atoms with Gasteiger partial charge in [-0.25, -0.2) is 8.42 Å². The summed E-state index contributed by atoms with van der Waals surface area (Å²) in [5, 5.41) is 14.5. The van der Waals surface area contributed by atoms with Gasteiger partial charge in [-0.15, -0.1) is 0 Å². The number of rotatable bonds is 15. The highest BCUT2D eigenvalue weighted by Crippen LogP contribution is 2.34. The Morgan fingerprint density at radius 3 is 2.25 bits per heavy atom. The molecule has 1 N–H and O–H groups in total. The maximum atomic E-state index is 14.3. The van der Waals surface area contributed by atoms with Crippen molar-refractivity contribution in [3.63, 3.8) is 0 Å². The molecule has 0 heterocycles. The third-order valence-corrected chi connectivity index (χ3v) is 8.21. The lowest BCUT2D eigenvalue weighted by molar-refractivity contribution is -0.384. The second-order valence-corrected chi connectivity index (χ2v) is 12.2. The molecule has 0 saturated carbocycles. The van der Waals surface area contributed by atoms with Crippen LogP contribution in [0, 0.1) is 10.1 Å². The third kappa shape index (κ3) is 8.93. The summed E-state index contributed by atoms with van der Waals surface area (Å²) in [6.07, 6.45) is 1.70. The first-order chi connectivity index (χ1) is 20.9. The van der Waals surface area contributed by atoms with Gasteiger partial charge in [0, 0.05) is 31.1 Å². The van der Waals surface area contributed by atoms with Crippen LogP contribution in [0.4, 0.5) is 11.4 Å². The molecule has 2 unspecified atom stereocenters. The van der Waals surface area contributed by atoms with E-state index in [0.717, 1.165) is 22.2 Å². The Hall–Kier alpha value is -4.65. The first-order valence-electron chi connectivity index (χ1n) is 13.9. The van der Waals surface area contributed by atoms with Crippen LogP contribution in [0.15, 0.2) is 72.8 Å². The van der Waals surface area contributed by atoms with Gasteiger partial charge in [0.15, 0.2) is 0 Å². The monoisotopic (exact) mass is 626 g/mol. The molecule has 3 aromatic carbocycles. The Morgan fingerprint density at radius 1 is 0.977 bits per heavy atom. The van der Waals surface area contributed by atoms with Crippen LogP contribution in [0.25, 0.3) is 0 Å². The van der Waals surface area contributed by atoms with Crippen molar-refractivity contribution in [2.24, 2.45) is 0 Å². The van der Waals surface area contributed by atoms with Crippen molar-refractivity contribution in [2.75, 3.05) is 31.3 Å². The van der Waals surface area contributed by atoms with Crippen LogP contribution in [-0.4, -0.2) is 69.2 Å². The van der Waals surface area contributed by atoms with Gasteiger partial charge in [0.25, 0.3) is 5.69 Å². The number of nitrogens with one attached hydrogen (secondary N) is 1. The number of carbonyl (C=O) groups excluding carboxylic acids is 2. The molecule has 0 spiro atoms. The van der Waals surface area contributed by atoms with Gasteiger partial charge in [0.1, 0.15) is 29.8 Å². The van der Waals surface area contributed by atoms with Crippen molar-refractivity contribution in [1.82, 2.24) is 10.2 Å². The number of benzene rings is 3. The van der Waals surface area contributed by atoms with Crippen LogP contribution < -0.4 is 19.1 Å². The number of carbonyl (C=O) groups is 2. The molecule has 2 atom stereocenters. The minimum absolute atomic E-state index is 0.0171. The third-order valence-electron chi connectivity index (χ3n) is 7.08. The van der Waals surface area contributed by atoms with Crippen LogP contribution in [0.5, 0.6) is 11.5 Å². The molecular formula is C31H38N4O8S. The fourth-order valence-corrected chi connectivity index (χ4v) is 5.39. The summed E-state index contributed by atoms with van der Waals surface area (Å²) in [6.45, 7) is 2.98. The predicted molar refractivity (Wildman–Crippen MR) is 167 cm³/mol. The molecular weight excluding hydrogens is 588 g/mol. The minimum atomic E-state index is -4.17. The number of nitro groups is 1. The first-order valence-corrected chi connectivity index (χ1v) is 15.8. The van der Waals surface area contributed by atoms with Crippen molar-refractivity contribution >= 4 is 33.2 Å². The van der Waals surface area contributed by atoms with Gasteiger partial charge in [0.05, 0.1) is 25.4 Å². The fourth-order valence-electron chi connectivity index (χ4n) is 4.54. The van der Waals surface area contributed by atoms with Crippen molar-refractivity contribution in [3.05, 3.63) is 94.0 Å². The summed E-state index contributed by atoms with van der Waals surface area (Å²) in [6, 6.07) is 18.4. The molecule has 0 bridgehead atoms. The number of hydrogen-bond donors (Lipinski definition) is 1. The van der Waals surface area contributed by atoms with Gasteiger partial charge in [-0.3, -0.25) is 24.0 Å². The summed E-state index contributed by atoms with van der Waals surface area (Å²) < 4.78 is 37.6. The van der Waals surface area contributed by atoms with Crippen LogP contribution in [-0.2, 0) is 32.6 Å². The number of ether oxygens (including phenoxy) is 2. The number of non-ortho nitro benzene ring substituents is 1. The number of anilines is 1. The smallest absolute Gasteiger partial charge is 0.271 e. The molecule has 2 amide bonds. The van der Waals surface area contributed by atoms with E-state index >= 15 is 0 Å². The van der Waals surface area contributed by atoms with Gasteiger partial charge in [-0.2, -0.15) is 0 Å². The van der Waals surface area contributed by atoms with Gasteiger partial charge in [0.2, 0.25) is 21.8 Å². The number of amides is 2. The summed E-state index contributed by atoms with van der Waals surface area (Å²) in [5.41, 5.74) is 0.874. The topological polar surface area (TPSA) is 148 Å².